The van der Waals surface area contributed by atoms with Crippen LogP contribution in [0.2, 0.25) is 0 Å². The van der Waals surface area contributed by atoms with E-state index in [1.54, 1.807) is 0 Å². The van der Waals surface area contributed by atoms with Gasteiger partial charge in [-0.05, 0) is 80.4 Å². The molecule has 1 radical (unpaired) electrons. The molecular weight excluding hydrogens is 362 g/mol. The number of nitrogens with two attached hydrogens (primary N) is 1. The molecule has 2 aromatic carbocycles. The van der Waals surface area contributed by atoms with E-state index in [4.69, 9.17) is 5.73 Å². The van der Waals surface area contributed by atoms with Gasteiger partial charge in [-0.25, -0.2) is 0 Å². The molecule has 0 aromatic heterocycles. The highest BCUT2D eigenvalue weighted by Gasteiger charge is 2.44. The fourth-order valence-electron chi connectivity index (χ4n) is 4.27. The molecule has 1 aliphatic carbocycles. The van der Waals surface area contributed by atoms with Crippen molar-refractivity contribution >= 4 is 17.5 Å². The van der Waals surface area contributed by atoms with Crippen LogP contribution in [-0.4, -0.2) is 36.3 Å². The second-order valence-electron chi connectivity index (χ2n) is 8.25. The van der Waals surface area contributed by atoms with Crippen LogP contribution in [0.25, 0.3) is 0 Å². The van der Waals surface area contributed by atoms with Crippen molar-refractivity contribution in [3.63, 3.8) is 0 Å². The van der Waals surface area contributed by atoms with Gasteiger partial charge in [0.05, 0.1) is 17.7 Å². The first-order valence-electron chi connectivity index (χ1n) is 10.4. The quantitative estimate of drug-likeness (QED) is 0.724. The molecule has 1 heterocycles. The molecule has 0 bridgehead atoms. The van der Waals surface area contributed by atoms with Crippen LogP contribution < -0.4 is 11.1 Å². The van der Waals surface area contributed by atoms with E-state index in [1.807, 2.05) is 48.5 Å². The second kappa shape index (κ2) is 8.37. The predicted octanol–water partition coefficient (Wildman–Crippen LogP) is 3.49. The molecule has 2 aliphatic rings. The summed E-state index contributed by atoms with van der Waals surface area (Å²) < 4.78 is 0. The fourth-order valence-corrected chi connectivity index (χ4v) is 4.27. The van der Waals surface area contributed by atoms with Crippen molar-refractivity contribution < 1.29 is 9.59 Å². The first-order chi connectivity index (χ1) is 14.1. The Morgan fingerprint density at radius 2 is 1.79 bits per heavy atom. The van der Waals surface area contributed by atoms with Crippen molar-refractivity contribution in [2.24, 2.45) is 5.73 Å². The molecule has 5 heteroatoms. The zero-order chi connectivity index (χ0) is 20.3. The molecule has 1 aliphatic heterocycles. The number of nitrogens with zero attached hydrogens (tertiary/aromatic N) is 1. The third kappa shape index (κ3) is 4.67. The molecule has 0 unspecified atom stereocenters. The maximum Gasteiger partial charge on any atom is 0.250 e. The van der Waals surface area contributed by atoms with E-state index >= 15 is 0 Å². The molecule has 0 atom stereocenters. The zero-order valence-electron chi connectivity index (χ0n) is 16.7. The van der Waals surface area contributed by atoms with E-state index in [0.717, 1.165) is 36.9 Å². The lowest BCUT2D eigenvalue weighted by atomic mass is 9.90. The molecule has 2 fully saturated rings. The van der Waals surface area contributed by atoms with Gasteiger partial charge in [-0.1, -0.05) is 36.4 Å². The molecule has 2 aromatic rings. The van der Waals surface area contributed by atoms with Gasteiger partial charge in [-0.2, -0.15) is 0 Å². The third-order valence-corrected chi connectivity index (χ3v) is 6.21. The van der Waals surface area contributed by atoms with Gasteiger partial charge in [0.2, 0.25) is 5.91 Å². The van der Waals surface area contributed by atoms with Crippen molar-refractivity contribution in [2.45, 2.75) is 37.5 Å². The number of benzene rings is 2. The number of hydrogen-bond acceptors (Lipinski definition) is 3. The Morgan fingerprint density at radius 3 is 2.45 bits per heavy atom. The highest BCUT2D eigenvalue weighted by Crippen LogP contribution is 2.51. The SMILES string of the molecule is NC(=O)c1cc(C2(CCN3CCCC3)CC2)ccc1NC(=O)[CH]c1ccccc1. The summed E-state index contributed by atoms with van der Waals surface area (Å²) in [5.74, 6) is -0.793. The van der Waals surface area contributed by atoms with Crippen molar-refractivity contribution in [1.29, 1.82) is 0 Å². The number of primary amides is 1. The van der Waals surface area contributed by atoms with E-state index < -0.39 is 5.91 Å². The number of amides is 2. The van der Waals surface area contributed by atoms with Crippen molar-refractivity contribution in [2.75, 3.05) is 25.0 Å². The van der Waals surface area contributed by atoms with Gasteiger partial charge in [0.25, 0.3) is 5.91 Å². The summed E-state index contributed by atoms with van der Waals surface area (Å²) in [6, 6.07) is 15.1. The Kier molecular flexibility index (Phi) is 5.67. The largest absolute Gasteiger partial charge is 0.366 e. The zero-order valence-corrected chi connectivity index (χ0v) is 16.7. The van der Waals surface area contributed by atoms with Crippen LogP contribution in [0.5, 0.6) is 0 Å². The van der Waals surface area contributed by atoms with Gasteiger partial charge >= 0.3 is 0 Å². The number of anilines is 1. The normalized spacial score (nSPS) is 17.8. The molecule has 151 valence electrons. The standard InChI is InChI=1S/C24H28N3O2/c25-23(29)20-17-19(24(10-11-24)12-15-27-13-4-5-14-27)8-9-21(20)26-22(28)16-18-6-2-1-3-7-18/h1-3,6-9,16-17H,4-5,10-15H2,(H2,25,29)(H,26,28). The lowest BCUT2D eigenvalue weighted by molar-refractivity contribution is -0.112. The number of carbonyl (C=O) groups is 2. The van der Waals surface area contributed by atoms with Crippen LogP contribution in [-0.2, 0) is 10.2 Å². The summed E-state index contributed by atoms with van der Waals surface area (Å²) in [5.41, 5.74) is 8.61. The van der Waals surface area contributed by atoms with E-state index in [1.165, 1.54) is 32.4 Å². The predicted molar refractivity (Wildman–Crippen MR) is 115 cm³/mol. The summed E-state index contributed by atoms with van der Waals surface area (Å²) in [6.07, 6.45) is 7.51. The Hall–Kier alpha value is -2.66. The molecule has 1 saturated carbocycles. The van der Waals surface area contributed by atoms with E-state index in [9.17, 15) is 9.59 Å². The van der Waals surface area contributed by atoms with E-state index in [-0.39, 0.29) is 11.3 Å². The number of nitrogens with one attached hydrogen (secondary N) is 1. The number of rotatable bonds is 8. The van der Waals surface area contributed by atoms with Crippen LogP contribution in [0.3, 0.4) is 0 Å². The minimum Gasteiger partial charge on any atom is -0.366 e. The highest BCUT2D eigenvalue weighted by molar-refractivity contribution is 6.06. The number of hydrogen-bond donors (Lipinski definition) is 2. The lowest BCUT2D eigenvalue weighted by Crippen LogP contribution is -2.25. The lowest BCUT2D eigenvalue weighted by Gasteiger charge is -2.22. The fraction of sp³-hybridized carbons (Fsp3) is 0.375. The Balaban J connectivity index is 1.46. The Bertz CT molecular complexity index is 884. The van der Waals surface area contributed by atoms with Crippen LogP contribution in [0.4, 0.5) is 5.69 Å². The minimum absolute atomic E-state index is 0.158. The van der Waals surface area contributed by atoms with E-state index in [0.29, 0.717) is 11.3 Å². The topological polar surface area (TPSA) is 75.4 Å². The van der Waals surface area contributed by atoms with Gasteiger partial charge in [-0.3, -0.25) is 9.59 Å². The smallest absolute Gasteiger partial charge is 0.250 e. The monoisotopic (exact) mass is 390 g/mol. The van der Waals surface area contributed by atoms with Crippen molar-refractivity contribution in [1.82, 2.24) is 4.90 Å². The van der Waals surface area contributed by atoms with Crippen LogP contribution in [0.1, 0.15) is 53.6 Å². The number of likely N-dealkylation sites (tertiary alicyclic amines) is 1. The molecule has 0 spiro atoms. The molecule has 2 amide bonds. The highest BCUT2D eigenvalue weighted by atomic mass is 16.2. The summed E-state index contributed by atoms with van der Waals surface area (Å²) in [4.78, 5) is 27.0. The van der Waals surface area contributed by atoms with Gasteiger partial charge in [0.1, 0.15) is 0 Å². The molecule has 4 rings (SSSR count). The van der Waals surface area contributed by atoms with Gasteiger partial charge in [-0.15, -0.1) is 0 Å². The van der Waals surface area contributed by atoms with Crippen LogP contribution >= 0.6 is 0 Å². The van der Waals surface area contributed by atoms with Gasteiger partial charge < -0.3 is 16.0 Å². The first kappa shape index (κ1) is 19.6. The summed E-state index contributed by atoms with van der Waals surface area (Å²) >= 11 is 0. The maximum atomic E-state index is 12.4. The molecule has 5 nitrogen and oxygen atoms in total. The van der Waals surface area contributed by atoms with Crippen LogP contribution in [0, 0.1) is 6.42 Å². The molecule has 1 saturated heterocycles. The summed E-state index contributed by atoms with van der Waals surface area (Å²) in [7, 11) is 0. The third-order valence-electron chi connectivity index (χ3n) is 6.21. The Labute approximate surface area is 172 Å². The number of carbonyl (C=O) groups excluding carboxylic acids is 2. The summed E-state index contributed by atoms with van der Waals surface area (Å²) in [5, 5.41) is 2.81. The molecular formula is C24H28N3O2. The second-order valence-corrected chi connectivity index (χ2v) is 8.25. The van der Waals surface area contributed by atoms with E-state index in [2.05, 4.69) is 10.2 Å². The molecule has 3 N–H and O–H groups in total. The maximum absolute atomic E-state index is 12.4. The molecule has 29 heavy (non-hydrogen) atoms. The Morgan fingerprint density at radius 1 is 1.07 bits per heavy atom. The first-order valence-corrected chi connectivity index (χ1v) is 10.4. The average Bonchev–Trinajstić information content (AvgIpc) is 3.32. The van der Waals surface area contributed by atoms with Crippen molar-refractivity contribution in [3.8, 4) is 0 Å². The van der Waals surface area contributed by atoms with Gasteiger partial charge in [0, 0.05) is 0 Å². The average molecular weight is 391 g/mol. The summed E-state index contributed by atoms with van der Waals surface area (Å²) in [6.45, 7) is 3.51. The van der Waals surface area contributed by atoms with Crippen LogP contribution in [0.15, 0.2) is 48.5 Å². The minimum atomic E-state index is -0.516. The van der Waals surface area contributed by atoms with Gasteiger partial charge in [0.15, 0.2) is 0 Å². The van der Waals surface area contributed by atoms with Crippen molar-refractivity contribution in [3.05, 3.63) is 71.6 Å².